The molecule has 0 bridgehead atoms. The van der Waals surface area contributed by atoms with Crippen molar-refractivity contribution in [2.45, 2.75) is 51.7 Å². The molecule has 4 heteroatoms. The van der Waals surface area contributed by atoms with Crippen LogP contribution in [-0.4, -0.2) is 18.0 Å². The Morgan fingerprint density at radius 3 is 2.90 bits per heavy atom. The fraction of sp³-hybridized carbons (Fsp3) is 0.500. The molecule has 4 nitrogen and oxygen atoms in total. The van der Waals surface area contributed by atoms with E-state index >= 15 is 0 Å². The summed E-state index contributed by atoms with van der Waals surface area (Å²) in [4.78, 5) is 23.1. The van der Waals surface area contributed by atoms with E-state index in [1.165, 1.54) is 0 Å². The topological polar surface area (TPSA) is 52.6 Å². The van der Waals surface area contributed by atoms with Gasteiger partial charge in [-0.15, -0.1) is 0 Å². The molecule has 0 saturated carbocycles. The number of cyclic esters (lactones) is 1. The van der Waals surface area contributed by atoms with E-state index in [1.54, 1.807) is 6.07 Å². The summed E-state index contributed by atoms with van der Waals surface area (Å²) in [7, 11) is 0. The SMILES string of the molecule is CCCC(=O)OC(C)CC[C@@H]1OC(=O)c2ccccc21. The van der Waals surface area contributed by atoms with Crippen LogP contribution in [0.25, 0.3) is 0 Å². The molecule has 0 radical (unpaired) electrons. The van der Waals surface area contributed by atoms with Gasteiger partial charge in [-0.25, -0.2) is 4.79 Å². The fourth-order valence-corrected chi connectivity index (χ4v) is 2.37. The minimum atomic E-state index is -0.263. The molecule has 0 amide bonds. The van der Waals surface area contributed by atoms with Gasteiger partial charge in [0.15, 0.2) is 0 Å². The van der Waals surface area contributed by atoms with Crippen LogP contribution in [0.15, 0.2) is 24.3 Å². The van der Waals surface area contributed by atoms with Crippen LogP contribution in [0.3, 0.4) is 0 Å². The van der Waals surface area contributed by atoms with Gasteiger partial charge in [0, 0.05) is 12.0 Å². The van der Waals surface area contributed by atoms with E-state index in [4.69, 9.17) is 9.47 Å². The van der Waals surface area contributed by atoms with Gasteiger partial charge >= 0.3 is 11.9 Å². The summed E-state index contributed by atoms with van der Waals surface area (Å²) < 4.78 is 10.6. The van der Waals surface area contributed by atoms with Crippen molar-refractivity contribution < 1.29 is 19.1 Å². The average Bonchev–Trinajstić information content (AvgIpc) is 2.74. The zero-order chi connectivity index (χ0) is 14.5. The Bertz CT molecular complexity index is 495. The summed E-state index contributed by atoms with van der Waals surface area (Å²) >= 11 is 0. The zero-order valence-corrected chi connectivity index (χ0v) is 11.9. The Hall–Kier alpha value is -1.84. The highest BCUT2D eigenvalue weighted by Gasteiger charge is 2.30. The van der Waals surface area contributed by atoms with Crippen molar-refractivity contribution in [2.24, 2.45) is 0 Å². The number of carbonyl (C=O) groups excluding carboxylic acids is 2. The smallest absolute Gasteiger partial charge is 0.339 e. The highest BCUT2D eigenvalue weighted by molar-refractivity contribution is 5.93. The monoisotopic (exact) mass is 276 g/mol. The van der Waals surface area contributed by atoms with Crippen LogP contribution in [-0.2, 0) is 14.3 Å². The van der Waals surface area contributed by atoms with Crippen LogP contribution in [0.2, 0.25) is 0 Å². The number of esters is 2. The summed E-state index contributed by atoms with van der Waals surface area (Å²) in [5.41, 5.74) is 1.58. The molecule has 1 aliphatic rings. The molecule has 2 rings (SSSR count). The summed E-state index contributed by atoms with van der Waals surface area (Å²) in [6, 6.07) is 7.43. The molecule has 1 heterocycles. The Balaban J connectivity index is 1.86. The van der Waals surface area contributed by atoms with Gasteiger partial charge in [-0.1, -0.05) is 25.1 Å². The Kier molecular flexibility index (Phi) is 4.77. The largest absolute Gasteiger partial charge is 0.463 e. The molecule has 108 valence electrons. The predicted octanol–water partition coefficient (Wildman–Crippen LogP) is 3.41. The summed E-state index contributed by atoms with van der Waals surface area (Å²) in [5.74, 6) is -0.426. The number of ether oxygens (including phenoxy) is 2. The highest BCUT2D eigenvalue weighted by atomic mass is 16.6. The van der Waals surface area contributed by atoms with Crippen LogP contribution in [0.4, 0.5) is 0 Å². The van der Waals surface area contributed by atoms with Crippen LogP contribution in [0.5, 0.6) is 0 Å². The maximum absolute atomic E-state index is 11.7. The van der Waals surface area contributed by atoms with Crippen molar-refractivity contribution >= 4 is 11.9 Å². The number of fused-ring (bicyclic) bond motifs is 1. The highest BCUT2D eigenvalue weighted by Crippen LogP contribution is 2.34. The van der Waals surface area contributed by atoms with E-state index in [-0.39, 0.29) is 24.1 Å². The first-order valence-corrected chi connectivity index (χ1v) is 7.11. The second kappa shape index (κ2) is 6.55. The predicted molar refractivity (Wildman–Crippen MR) is 74.3 cm³/mol. The van der Waals surface area contributed by atoms with E-state index in [0.717, 1.165) is 12.0 Å². The van der Waals surface area contributed by atoms with Gasteiger partial charge < -0.3 is 9.47 Å². The van der Waals surface area contributed by atoms with Gasteiger partial charge in [-0.05, 0) is 32.3 Å². The normalized spacial score (nSPS) is 18.3. The second-order valence-corrected chi connectivity index (χ2v) is 5.11. The molecule has 2 atom stereocenters. The average molecular weight is 276 g/mol. The lowest BCUT2D eigenvalue weighted by Crippen LogP contribution is -2.15. The standard InChI is InChI=1S/C16H20O4/c1-3-6-15(17)19-11(2)9-10-14-12-7-4-5-8-13(12)16(18)20-14/h4-5,7-8,11,14H,3,6,9-10H2,1-2H3/t11?,14-/m0/s1. The number of benzene rings is 1. The van der Waals surface area contributed by atoms with E-state index in [9.17, 15) is 9.59 Å². The van der Waals surface area contributed by atoms with Gasteiger partial charge in [0.1, 0.15) is 6.10 Å². The lowest BCUT2D eigenvalue weighted by Gasteiger charge is -2.16. The Labute approximate surface area is 119 Å². The maximum atomic E-state index is 11.7. The molecular weight excluding hydrogens is 256 g/mol. The first-order chi connectivity index (χ1) is 9.61. The third-order valence-corrected chi connectivity index (χ3v) is 3.40. The van der Waals surface area contributed by atoms with Gasteiger partial charge in [0.05, 0.1) is 11.7 Å². The fourth-order valence-electron chi connectivity index (χ4n) is 2.37. The van der Waals surface area contributed by atoms with Crippen molar-refractivity contribution in [3.05, 3.63) is 35.4 Å². The second-order valence-electron chi connectivity index (χ2n) is 5.11. The van der Waals surface area contributed by atoms with E-state index in [2.05, 4.69) is 0 Å². The van der Waals surface area contributed by atoms with Crippen LogP contribution in [0, 0.1) is 0 Å². The van der Waals surface area contributed by atoms with Gasteiger partial charge in [-0.2, -0.15) is 0 Å². The number of carbonyl (C=O) groups is 2. The molecule has 1 aliphatic heterocycles. The Morgan fingerprint density at radius 2 is 2.15 bits per heavy atom. The maximum Gasteiger partial charge on any atom is 0.339 e. The summed E-state index contributed by atoms with van der Waals surface area (Å²) in [6.45, 7) is 3.82. The number of hydrogen-bond donors (Lipinski definition) is 0. The summed E-state index contributed by atoms with van der Waals surface area (Å²) in [6.07, 6.45) is 2.22. The molecular formula is C16H20O4. The molecule has 0 spiro atoms. The quantitative estimate of drug-likeness (QED) is 0.747. The molecule has 20 heavy (non-hydrogen) atoms. The molecule has 1 aromatic rings. The van der Waals surface area contributed by atoms with Crippen LogP contribution >= 0.6 is 0 Å². The van der Waals surface area contributed by atoms with Crippen molar-refractivity contribution in [2.75, 3.05) is 0 Å². The van der Waals surface area contributed by atoms with Crippen molar-refractivity contribution in [1.82, 2.24) is 0 Å². The molecule has 0 N–H and O–H groups in total. The first-order valence-electron chi connectivity index (χ1n) is 7.11. The minimum absolute atomic E-state index is 0.152. The Morgan fingerprint density at radius 1 is 1.40 bits per heavy atom. The third-order valence-electron chi connectivity index (χ3n) is 3.40. The zero-order valence-electron chi connectivity index (χ0n) is 11.9. The lowest BCUT2D eigenvalue weighted by molar-refractivity contribution is -0.148. The van der Waals surface area contributed by atoms with Crippen LogP contribution < -0.4 is 0 Å². The lowest BCUT2D eigenvalue weighted by atomic mass is 10.0. The first kappa shape index (κ1) is 14.6. The molecule has 0 saturated heterocycles. The minimum Gasteiger partial charge on any atom is -0.463 e. The van der Waals surface area contributed by atoms with Crippen LogP contribution in [0.1, 0.15) is 61.6 Å². The van der Waals surface area contributed by atoms with Gasteiger partial charge in [0.25, 0.3) is 0 Å². The number of rotatable bonds is 6. The van der Waals surface area contributed by atoms with Crippen molar-refractivity contribution in [3.63, 3.8) is 0 Å². The van der Waals surface area contributed by atoms with E-state index < -0.39 is 0 Å². The summed E-state index contributed by atoms with van der Waals surface area (Å²) in [5, 5.41) is 0. The molecule has 1 unspecified atom stereocenters. The molecule has 1 aromatic carbocycles. The van der Waals surface area contributed by atoms with Gasteiger partial charge in [-0.3, -0.25) is 4.79 Å². The molecule has 0 aliphatic carbocycles. The van der Waals surface area contributed by atoms with Crippen molar-refractivity contribution in [1.29, 1.82) is 0 Å². The third kappa shape index (κ3) is 3.38. The molecule has 0 aromatic heterocycles. The molecule has 0 fully saturated rings. The van der Waals surface area contributed by atoms with Crippen molar-refractivity contribution in [3.8, 4) is 0 Å². The van der Waals surface area contributed by atoms with E-state index in [1.807, 2.05) is 32.0 Å². The van der Waals surface area contributed by atoms with E-state index in [0.29, 0.717) is 24.8 Å². The van der Waals surface area contributed by atoms with Gasteiger partial charge in [0.2, 0.25) is 0 Å². The number of hydrogen-bond acceptors (Lipinski definition) is 4.